The molecule has 0 spiro atoms. The molecule has 1 aromatic carbocycles. The van der Waals surface area contributed by atoms with Crippen LogP contribution in [-0.4, -0.2) is 33.0 Å². The Bertz CT molecular complexity index is 951. The predicted molar refractivity (Wildman–Crippen MR) is 102 cm³/mol. The Kier molecular flexibility index (Phi) is 4.77. The molecule has 0 amide bonds. The Morgan fingerprint density at radius 3 is 2.41 bits per heavy atom. The highest BCUT2D eigenvalue weighted by molar-refractivity contribution is 5.81. The van der Waals surface area contributed by atoms with Crippen LogP contribution in [0.25, 0.3) is 22.4 Å². The van der Waals surface area contributed by atoms with E-state index in [-0.39, 0.29) is 11.8 Å². The van der Waals surface area contributed by atoms with Gasteiger partial charge in [0.15, 0.2) is 0 Å². The van der Waals surface area contributed by atoms with Crippen LogP contribution < -0.4 is 11.1 Å². The van der Waals surface area contributed by atoms with Gasteiger partial charge in [0.05, 0.1) is 11.4 Å². The SMILES string of the molecule is Cc1nc(C2CCNCC2)ncc1-c1nc(N)ncc1-c1ccc(F)cc1. The van der Waals surface area contributed by atoms with Crippen molar-refractivity contribution in [1.29, 1.82) is 0 Å². The van der Waals surface area contributed by atoms with Crippen LogP contribution >= 0.6 is 0 Å². The van der Waals surface area contributed by atoms with Crippen molar-refractivity contribution < 1.29 is 4.39 Å². The number of piperidine rings is 1. The average molecular weight is 364 g/mol. The maximum atomic E-state index is 13.3. The second-order valence-corrected chi connectivity index (χ2v) is 6.75. The fraction of sp³-hybridized carbons (Fsp3) is 0.300. The van der Waals surface area contributed by atoms with Gasteiger partial charge in [-0.15, -0.1) is 0 Å². The van der Waals surface area contributed by atoms with E-state index >= 15 is 0 Å². The highest BCUT2D eigenvalue weighted by atomic mass is 19.1. The molecular weight excluding hydrogens is 343 g/mol. The lowest BCUT2D eigenvalue weighted by molar-refractivity contribution is 0.444. The molecule has 7 heteroatoms. The van der Waals surface area contributed by atoms with Crippen LogP contribution in [0.15, 0.2) is 36.7 Å². The number of benzene rings is 1. The third kappa shape index (κ3) is 3.64. The van der Waals surface area contributed by atoms with Crippen molar-refractivity contribution in [3.05, 3.63) is 54.0 Å². The van der Waals surface area contributed by atoms with Crippen LogP contribution in [0.5, 0.6) is 0 Å². The van der Waals surface area contributed by atoms with E-state index in [2.05, 4.69) is 20.3 Å². The van der Waals surface area contributed by atoms with Gasteiger partial charge in [0.1, 0.15) is 11.6 Å². The number of aryl methyl sites for hydroxylation is 1. The molecule has 0 atom stereocenters. The summed E-state index contributed by atoms with van der Waals surface area (Å²) in [5.74, 6) is 1.15. The van der Waals surface area contributed by atoms with Crippen LogP contribution in [0, 0.1) is 12.7 Å². The maximum absolute atomic E-state index is 13.3. The van der Waals surface area contributed by atoms with Crippen molar-refractivity contribution in [2.24, 2.45) is 0 Å². The number of nitrogens with one attached hydrogen (secondary N) is 1. The number of nitrogen functional groups attached to an aromatic ring is 1. The molecule has 4 rings (SSSR count). The van der Waals surface area contributed by atoms with E-state index in [1.807, 2.05) is 13.1 Å². The summed E-state index contributed by atoms with van der Waals surface area (Å²) >= 11 is 0. The molecule has 0 unspecified atom stereocenters. The van der Waals surface area contributed by atoms with Crippen molar-refractivity contribution >= 4 is 5.95 Å². The third-order valence-corrected chi connectivity index (χ3v) is 4.92. The van der Waals surface area contributed by atoms with Gasteiger partial charge >= 0.3 is 0 Å². The van der Waals surface area contributed by atoms with E-state index in [1.54, 1.807) is 18.3 Å². The Morgan fingerprint density at radius 1 is 1.00 bits per heavy atom. The van der Waals surface area contributed by atoms with Gasteiger partial charge in [-0.2, -0.15) is 0 Å². The van der Waals surface area contributed by atoms with Gasteiger partial charge in [0.25, 0.3) is 0 Å². The number of halogens is 1. The number of hydrogen-bond donors (Lipinski definition) is 2. The number of anilines is 1. The maximum Gasteiger partial charge on any atom is 0.220 e. The molecule has 27 heavy (non-hydrogen) atoms. The molecule has 0 saturated carbocycles. The van der Waals surface area contributed by atoms with Crippen molar-refractivity contribution in [2.45, 2.75) is 25.7 Å². The standard InChI is InChI=1S/C20H21FN6/c1-12-16(10-24-19(26-12)14-6-8-23-9-7-14)18-17(11-25-20(22)27-18)13-2-4-15(21)5-3-13/h2-5,10-11,14,23H,6-9H2,1H3,(H2,22,25,27). The molecule has 2 aromatic heterocycles. The molecule has 3 N–H and O–H groups in total. The van der Waals surface area contributed by atoms with Gasteiger partial charge in [0.2, 0.25) is 5.95 Å². The highest BCUT2D eigenvalue weighted by Gasteiger charge is 2.20. The summed E-state index contributed by atoms with van der Waals surface area (Å²) in [7, 11) is 0. The molecule has 3 aromatic rings. The smallest absolute Gasteiger partial charge is 0.220 e. The number of aromatic nitrogens is 4. The molecule has 1 fully saturated rings. The fourth-order valence-corrected chi connectivity index (χ4v) is 3.44. The van der Waals surface area contributed by atoms with Crippen molar-refractivity contribution in [3.8, 4) is 22.4 Å². The zero-order valence-electron chi connectivity index (χ0n) is 15.1. The molecule has 0 aliphatic carbocycles. The normalized spacial score (nSPS) is 15.0. The van der Waals surface area contributed by atoms with Crippen molar-refractivity contribution in [3.63, 3.8) is 0 Å². The lowest BCUT2D eigenvalue weighted by Gasteiger charge is -2.22. The summed E-state index contributed by atoms with van der Waals surface area (Å²) < 4.78 is 13.3. The number of hydrogen-bond acceptors (Lipinski definition) is 6. The van der Waals surface area contributed by atoms with E-state index in [1.165, 1.54) is 12.1 Å². The zero-order valence-corrected chi connectivity index (χ0v) is 15.1. The summed E-state index contributed by atoms with van der Waals surface area (Å²) in [5.41, 5.74) is 9.73. The van der Waals surface area contributed by atoms with E-state index < -0.39 is 0 Å². The Balaban J connectivity index is 1.76. The summed E-state index contributed by atoms with van der Waals surface area (Å²) in [4.78, 5) is 17.9. The van der Waals surface area contributed by atoms with Crippen LogP contribution in [0.1, 0.15) is 30.3 Å². The van der Waals surface area contributed by atoms with Crippen LogP contribution in [0.3, 0.4) is 0 Å². The third-order valence-electron chi connectivity index (χ3n) is 4.92. The molecule has 3 heterocycles. The van der Waals surface area contributed by atoms with E-state index in [0.29, 0.717) is 11.6 Å². The van der Waals surface area contributed by atoms with E-state index in [0.717, 1.165) is 54.1 Å². The number of nitrogens with two attached hydrogens (primary N) is 1. The van der Waals surface area contributed by atoms with Gasteiger partial charge in [-0.05, 0) is 50.6 Å². The minimum absolute atomic E-state index is 0.178. The fourth-order valence-electron chi connectivity index (χ4n) is 3.44. The molecular formula is C20H21FN6. The predicted octanol–water partition coefficient (Wildman–Crippen LogP) is 3.10. The number of nitrogens with zero attached hydrogens (tertiary/aromatic N) is 4. The first-order chi connectivity index (χ1) is 13.1. The Morgan fingerprint density at radius 2 is 1.70 bits per heavy atom. The lowest BCUT2D eigenvalue weighted by Crippen LogP contribution is -2.27. The van der Waals surface area contributed by atoms with Gasteiger partial charge in [-0.1, -0.05) is 12.1 Å². The van der Waals surface area contributed by atoms with Crippen LogP contribution in [0.2, 0.25) is 0 Å². The largest absolute Gasteiger partial charge is 0.368 e. The summed E-state index contributed by atoms with van der Waals surface area (Å²) in [5, 5.41) is 3.36. The second kappa shape index (κ2) is 7.36. The summed E-state index contributed by atoms with van der Waals surface area (Å²) in [6.07, 6.45) is 5.56. The highest BCUT2D eigenvalue weighted by Crippen LogP contribution is 2.32. The van der Waals surface area contributed by atoms with Crippen molar-refractivity contribution in [2.75, 3.05) is 18.8 Å². The van der Waals surface area contributed by atoms with Crippen LogP contribution in [-0.2, 0) is 0 Å². The molecule has 0 radical (unpaired) electrons. The molecule has 6 nitrogen and oxygen atoms in total. The van der Waals surface area contributed by atoms with E-state index in [4.69, 9.17) is 10.7 Å². The van der Waals surface area contributed by atoms with E-state index in [9.17, 15) is 4.39 Å². The minimum Gasteiger partial charge on any atom is -0.368 e. The summed E-state index contributed by atoms with van der Waals surface area (Å²) in [6, 6.07) is 6.23. The lowest BCUT2D eigenvalue weighted by atomic mass is 9.96. The molecule has 1 aliphatic rings. The summed E-state index contributed by atoms with van der Waals surface area (Å²) in [6.45, 7) is 3.94. The number of rotatable bonds is 3. The van der Waals surface area contributed by atoms with Crippen LogP contribution in [0.4, 0.5) is 10.3 Å². The first kappa shape index (κ1) is 17.5. The second-order valence-electron chi connectivity index (χ2n) is 6.75. The van der Waals surface area contributed by atoms with Gasteiger partial charge < -0.3 is 11.1 Å². The molecule has 0 bridgehead atoms. The van der Waals surface area contributed by atoms with Gasteiger partial charge in [0, 0.05) is 29.4 Å². The van der Waals surface area contributed by atoms with Gasteiger partial charge in [-0.3, -0.25) is 0 Å². The quantitative estimate of drug-likeness (QED) is 0.742. The first-order valence-electron chi connectivity index (χ1n) is 9.05. The average Bonchev–Trinajstić information content (AvgIpc) is 2.69. The molecule has 138 valence electrons. The van der Waals surface area contributed by atoms with Crippen molar-refractivity contribution in [1.82, 2.24) is 25.3 Å². The Hall–Kier alpha value is -2.93. The first-order valence-corrected chi connectivity index (χ1v) is 9.05. The topological polar surface area (TPSA) is 89.6 Å². The Labute approximate surface area is 157 Å². The molecule has 1 saturated heterocycles. The zero-order chi connectivity index (χ0) is 18.8. The minimum atomic E-state index is -0.289. The van der Waals surface area contributed by atoms with Gasteiger partial charge in [-0.25, -0.2) is 24.3 Å². The molecule has 1 aliphatic heterocycles. The monoisotopic (exact) mass is 364 g/mol.